The largest absolute Gasteiger partial charge is 0.299 e. The van der Waals surface area contributed by atoms with Gasteiger partial charge < -0.3 is 0 Å². The number of carbonyl (C=O) groups is 1. The first-order valence-corrected chi connectivity index (χ1v) is 12.8. The summed E-state index contributed by atoms with van der Waals surface area (Å²) in [5.74, 6) is 7.88. The van der Waals surface area contributed by atoms with Crippen molar-refractivity contribution in [2.75, 3.05) is 0 Å². The summed E-state index contributed by atoms with van der Waals surface area (Å²) in [5.41, 5.74) is 0.712. The van der Waals surface area contributed by atoms with E-state index in [-0.39, 0.29) is 0 Å². The van der Waals surface area contributed by atoms with Gasteiger partial charge in [0.25, 0.3) is 0 Å². The SMILES string of the molecule is C[Si](C)(c1ccccc1)[C@@H]1CC(=O)[C@H]2[C@@H]3[C@H]4[C@@H]5CC[C@@H]5[C@H]4[C@@H]3[C@H]21. The van der Waals surface area contributed by atoms with Crippen LogP contribution >= 0.6 is 0 Å². The summed E-state index contributed by atoms with van der Waals surface area (Å²) in [4.78, 5) is 12.8. The molecule has 1 nitrogen and oxygen atoms in total. The molecule has 0 heterocycles. The fourth-order valence-corrected chi connectivity index (χ4v) is 11.6. The minimum atomic E-state index is -1.55. The monoisotopic (exact) mass is 322 g/mol. The predicted molar refractivity (Wildman–Crippen MR) is 94.1 cm³/mol. The van der Waals surface area contributed by atoms with Crippen LogP contribution in [-0.4, -0.2) is 13.9 Å². The number of rotatable bonds is 2. The summed E-state index contributed by atoms with van der Waals surface area (Å²) in [7, 11) is -1.55. The summed E-state index contributed by atoms with van der Waals surface area (Å²) in [5, 5.41) is 1.56. The van der Waals surface area contributed by atoms with E-state index in [4.69, 9.17) is 0 Å². The number of hydrogen-bond acceptors (Lipinski definition) is 1. The Balaban J connectivity index is 1.34. The van der Waals surface area contributed by atoms with Crippen molar-refractivity contribution >= 4 is 19.0 Å². The molecule has 0 amide bonds. The van der Waals surface area contributed by atoms with Gasteiger partial charge in [0, 0.05) is 12.3 Å². The highest BCUT2D eigenvalue weighted by Crippen LogP contribution is 2.83. The summed E-state index contributed by atoms with van der Waals surface area (Å²) < 4.78 is 0. The molecule has 5 fully saturated rings. The van der Waals surface area contributed by atoms with Gasteiger partial charge in [0.2, 0.25) is 0 Å². The molecule has 5 aliphatic carbocycles. The Bertz CT molecular complexity index is 695. The average molecular weight is 323 g/mol. The summed E-state index contributed by atoms with van der Waals surface area (Å²) in [6, 6.07) is 11.2. The minimum Gasteiger partial charge on any atom is -0.299 e. The van der Waals surface area contributed by atoms with Crippen molar-refractivity contribution in [1.82, 2.24) is 0 Å². The summed E-state index contributed by atoms with van der Waals surface area (Å²) in [6.07, 6.45) is 3.89. The normalized spacial score (nSPS) is 51.9. The molecule has 0 bridgehead atoms. The van der Waals surface area contributed by atoms with E-state index >= 15 is 0 Å². The molecule has 0 radical (unpaired) electrons. The third-order valence-electron chi connectivity index (χ3n) is 9.13. The maximum atomic E-state index is 12.8. The van der Waals surface area contributed by atoms with Crippen molar-refractivity contribution in [3.05, 3.63) is 30.3 Å². The lowest BCUT2D eigenvalue weighted by molar-refractivity contribution is -0.325. The molecule has 0 spiro atoms. The van der Waals surface area contributed by atoms with Gasteiger partial charge in [0.1, 0.15) is 5.78 Å². The van der Waals surface area contributed by atoms with Crippen LogP contribution in [0, 0.1) is 47.3 Å². The number of fused-ring (bicyclic) bond motifs is 10. The molecule has 120 valence electrons. The maximum absolute atomic E-state index is 12.8. The average Bonchev–Trinajstić information content (AvgIpc) is 2.79. The molecule has 5 saturated carbocycles. The second-order valence-electron chi connectivity index (χ2n) is 9.68. The highest BCUT2D eigenvalue weighted by molar-refractivity contribution is 6.91. The van der Waals surface area contributed by atoms with Gasteiger partial charge in [-0.15, -0.1) is 0 Å². The molecular weight excluding hydrogens is 296 g/mol. The van der Waals surface area contributed by atoms with E-state index in [0.29, 0.717) is 17.2 Å². The van der Waals surface area contributed by atoms with E-state index in [9.17, 15) is 4.79 Å². The molecular formula is C21H26OSi. The fourth-order valence-electron chi connectivity index (χ4n) is 7.98. The Morgan fingerprint density at radius 3 is 2.17 bits per heavy atom. The van der Waals surface area contributed by atoms with Crippen molar-refractivity contribution in [2.24, 2.45) is 47.3 Å². The zero-order chi connectivity index (χ0) is 15.5. The molecule has 0 aliphatic heterocycles. The molecule has 1 aromatic rings. The van der Waals surface area contributed by atoms with Crippen molar-refractivity contribution < 1.29 is 4.79 Å². The summed E-state index contributed by atoms with van der Waals surface area (Å²) in [6.45, 7) is 5.05. The van der Waals surface area contributed by atoms with Crippen LogP contribution in [0.3, 0.4) is 0 Å². The van der Waals surface area contributed by atoms with Crippen LogP contribution < -0.4 is 5.19 Å². The van der Waals surface area contributed by atoms with Gasteiger partial charge in [-0.1, -0.05) is 48.6 Å². The first-order chi connectivity index (χ1) is 11.1. The predicted octanol–water partition coefficient (Wildman–Crippen LogP) is 3.71. The standard InChI is InChI=1S/C21H26OSi/c1-23(2,11-6-4-3-5-7-11)15-10-14(22)18-19(15)21-17-13-9-8-12(13)16(17)20(18)21/h3-7,12-13,15-21H,8-10H2,1-2H3/t12-,13+,15-,16+,17-,18-,19+,20+,21-/m1/s1. The van der Waals surface area contributed by atoms with Crippen molar-refractivity contribution in [2.45, 2.75) is 37.9 Å². The van der Waals surface area contributed by atoms with Crippen molar-refractivity contribution in [3.8, 4) is 0 Å². The molecule has 1 aromatic carbocycles. The Morgan fingerprint density at radius 1 is 0.870 bits per heavy atom. The van der Waals surface area contributed by atoms with Gasteiger partial charge in [0.05, 0.1) is 8.07 Å². The lowest BCUT2D eigenvalue weighted by atomic mass is 9.24. The van der Waals surface area contributed by atoms with Crippen LogP contribution in [-0.2, 0) is 4.79 Å². The first-order valence-electron chi connectivity index (χ1n) is 9.69. The first kappa shape index (κ1) is 13.4. The number of benzene rings is 1. The molecule has 23 heavy (non-hydrogen) atoms. The number of Topliss-reactive ketones (excluding diaryl/α,β-unsaturated/α-hetero) is 1. The number of ketones is 1. The molecule has 0 unspecified atom stereocenters. The second kappa shape index (κ2) is 4.01. The molecule has 5 aliphatic rings. The van der Waals surface area contributed by atoms with Crippen LogP contribution in [0.15, 0.2) is 30.3 Å². The van der Waals surface area contributed by atoms with Crippen LogP contribution in [0.25, 0.3) is 0 Å². The second-order valence-corrected chi connectivity index (χ2v) is 14.4. The Morgan fingerprint density at radius 2 is 1.52 bits per heavy atom. The molecule has 0 N–H and O–H groups in total. The van der Waals surface area contributed by atoms with Crippen molar-refractivity contribution in [3.63, 3.8) is 0 Å². The minimum absolute atomic E-state index is 0.489. The third kappa shape index (κ3) is 1.33. The van der Waals surface area contributed by atoms with Crippen LogP contribution in [0.1, 0.15) is 19.3 Å². The molecule has 6 rings (SSSR count). The van der Waals surface area contributed by atoms with Gasteiger partial charge in [-0.2, -0.15) is 0 Å². The smallest absolute Gasteiger partial charge is 0.136 e. The van der Waals surface area contributed by atoms with Crippen molar-refractivity contribution in [1.29, 1.82) is 0 Å². The zero-order valence-electron chi connectivity index (χ0n) is 14.1. The highest BCUT2D eigenvalue weighted by Gasteiger charge is 2.80. The lowest BCUT2D eigenvalue weighted by Gasteiger charge is -2.80. The van der Waals surface area contributed by atoms with Crippen LogP contribution in [0.5, 0.6) is 0 Å². The Kier molecular flexibility index (Phi) is 2.34. The Labute approximate surface area is 139 Å². The van der Waals surface area contributed by atoms with Crippen LogP contribution in [0.2, 0.25) is 18.6 Å². The molecule has 9 atom stereocenters. The molecule has 0 aromatic heterocycles. The van der Waals surface area contributed by atoms with E-state index in [0.717, 1.165) is 47.8 Å². The fraction of sp³-hybridized carbons (Fsp3) is 0.667. The Hall–Kier alpha value is -0.893. The zero-order valence-corrected chi connectivity index (χ0v) is 15.1. The van der Waals surface area contributed by atoms with Crippen LogP contribution in [0.4, 0.5) is 0 Å². The van der Waals surface area contributed by atoms with E-state index < -0.39 is 8.07 Å². The number of hydrogen-bond donors (Lipinski definition) is 0. The van der Waals surface area contributed by atoms with E-state index in [1.54, 1.807) is 5.19 Å². The van der Waals surface area contributed by atoms with E-state index in [2.05, 4.69) is 43.4 Å². The van der Waals surface area contributed by atoms with E-state index in [1.807, 2.05) is 0 Å². The van der Waals surface area contributed by atoms with Gasteiger partial charge >= 0.3 is 0 Å². The van der Waals surface area contributed by atoms with Gasteiger partial charge in [0.15, 0.2) is 0 Å². The van der Waals surface area contributed by atoms with Gasteiger partial charge in [-0.25, -0.2) is 0 Å². The molecule has 2 heteroatoms. The quantitative estimate of drug-likeness (QED) is 0.599. The maximum Gasteiger partial charge on any atom is 0.136 e. The lowest BCUT2D eigenvalue weighted by Crippen LogP contribution is -2.77. The van der Waals surface area contributed by atoms with E-state index in [1.165, 1.54) is 12.8 Å². The highest BCUT2D eigenvalue weighted by atomic mass is 28.3. The number of carbonyl (C=O) groups excluding carboxylic acids is 1. The molecule has 0 saturated heterocycles. The topological polar surface area (TPSA) is 17.1 Å². The summed E-state index contributed by atoms with van der Waals surface area (Å²) >= 11 is 0. The van der Waals surface area contributed by atoms with Gasteiger partial charge in [-0.3, -0.25) is 4.79 Å². The third-order valence-corrected chi connectivity index (χ3v) is 13.4. The van der Waals surface area contributed by atoms with Gasteiger partial charge in [-0.05, 0) is 59.8 Å².